The molecule has 2 heterocycles. The predicted octanol–water partition coefficient (Wildman–Crippen LogP) is 3.84. The minimum Gasteiger partial charge on any atom is -0.439 e. The highest BCUT2D eigenvalue weighted by Crippen LogP contribution is 2.20. The van der Waals surface area contributed by atoms with Crippen molar-refractivity contribution in [2.75, 3.05) is 11.9 Å². The minimum absolute atomic E-state index is 0.412. The number of nitrogens with one attached hydrogen (secondary N) is 1. The van der Waals surface area contributed by atoms with E-state index >= 15 is 0 Å². The predicted molar refractivity (Wildman–Crippen MR) is 94.7 cm³/mol. The van der Waals surface area contributed by atoms with Gasteiger partial charge < -0.3 is 10.1 Å². The first-order valence-corrected chi connectivity index (χ1v) is 7.95. The van der Waals surface area contributed by atoms with Crippen molar-refractivity contribution < 1.29 is 4.74 Å². The molecular weight excluding hydrogens is 338 g/mol. The van der Waals surface area contributed by atoms with E-state index in [1.165, 1.54) is 12.5 Å². The Hall–Kier alpha value is -3.17. The molecule has 0 saturated heterocycles. The van der Waals surface area contributed by atoms with Crippen LogP contribution in [0, 0.1) is 11.3 Å². The smallest absolute Gasteiger partial charge is 0.219 e. The maximum atomic E-state index is 8.76. The van der Waals surface area contributed by atoms with E-state index in [1.807, 2.05) is 30.3 Å². The Labute approximate surface area is 150 Å². The fourth-order valence-corrected chi connectivity index (χ4v) is 2.26. The second-order valence-electron chi connectivity index (χ2n) is 5.15. The molecule has 0 unspecified atom stereocenters. The Morgan fingerprint density at radius 2 is 1.92 bits per heavy atom. The van der Waals surface area contributed by atoms with Crippen LogP contribution in [0.2, 0.25) is 5.15 Å². The molecule has 0 radical (unpaired) electrons. The lowest BCUT2D eigenvalue weighted by Gasteiger charge is -2.07. The molecule has 0 amide bonds. The number of hydrogen-bond donors (Lipinski definition) is 1. The summed E-state index contributed by atoms with van der Waals surface area (Å²) in [5, 5.41) is 12.4. The summed E-state index contributed by atoms with van der Waals surface area (Å²) >= 11 is 5.82. The van der Waals surface area contributed by atoms with Crippen LogP contribution in [-0.4, -0.2) is 21.5 Å². The van der Waals surface area contributed by atoms with Crippen LogP contribution in [0.25, 0.3) is 0 Å². The Bertz CT molecular complexity index is 875. The molecule has 1 N–H and O–H groups in total. The van der Waals surface area contributed by atoms with Crippen LogP contribution >= 0.6 is 11.6 Å². The number of nitriles is 1. The number of aromatic nitrogens is 3. The zero-order valence-electron chi connectivity index (χ0n) is 13.2. The number of pyridine rings is 1. The quantitative estimate of drug-likeness (QED) is 0.679. The van der Waals surface area contributed by atoms with Gasteiger partial charge in [-0.1, -0.05) is 23.7 Å². The molecule has 0 aliphatic carbocycles. The number of nitrogens with zero attached hydrogens (tertiary/aromatic N) is 4. The van der Waals surface area contributed by atoms with Gasteiger partial charge in [0.25, 0.3) is 0 Å². The molecule has 2 aromatic heterocycles. The SMILES string of the molecule is N#Cc1ccc(Oc2ccc(CCNc3cc(Cl)ncn3)cc2)nc1. The molecule has 0 aliphatic heterocycles. The summed E-state index contributed by atoms with van der Waals surface area (Å²) in [6.45, 7) is 0.727. The van der Waals surface area contributed by atoms with Crippen molar-refractivity contribution in [3.05, 3.63) is 71.3 Å². The largest absolute Gasteiger partial charge is 0.439 e. The maximum absolute atomic E-state index is 8.76. The number of halogens is 1. The van der Waals surface area contributed by atoms with Gasteiger partial charge in [0.05, 0.1) is 5.56 Å². The lowest BCUT2D eigenvalue weighted by molar-refractivity contribution is 0.462. The maximum Gasteiger partial charge on any atom is 0.219 e. The van der Waals surface area contributed by atoms with Gasteiger partial charge in [-0.05, 0) is 30.2 Å². The van der Waals surface area contributed by atoms with Gasteiger partial charge in [-0.3, -0.25) is 0 Å². The van der Waals surface area contributed by atoms with Crippen molar-refractivity contribution in [1.29, 1.82) is 5.26 Å². The van der Waals surface area contributed by atoms with Crippen LogP contribution in [0.15, 0.2) is 55.0 Å². The standard InChI is InChI=1S/C18H14ClN5O/c19-16-9-17(24-12-23-16)21-8-7-13-1-4-15(5-2-13)25-18-6-3-14(10-20)11-22-18/h1-6,9,11-12H,7-8H2,(H,21,23,24). The fourth-order valence-electron chi connectivity index (χ4n) is 2.12. The lowest BCUT2D eigenvalue weighted by Crippen LogP contribution is -2.06. The normalized spacial score (nSPS) is 10.1. The van der Waals surface area contributed by atoms with Crippen molar-refractivity contribution in [3.63, 3.8) is 0 Å². The molecule has 25 heavy (non-hydrogen) atoms. The lowest BCUT2D eigenvalue weighted by atomic mass is 10.1. The van der Waals surface area contributed by atoms with Gasteiger partial charge in [0.1, 0.15) is 29.1 Å². The summed E-state index contributed by atoms with van der Waals surface area (Å²) in [7, 11) is 0. The average Bonchev–Trinajstić information content (AvgIpc) is 2.64. The molecule has 0 atom stereocenters. The van der Waals surface area contributed by atoms with E-state index in [9.17, 15) is 0 Å². The topological polar surface area (TPSA) is 83.7 Å². The van der Waals surface area contributed by atoms with Crippen molar-refractivity contribution in [3.8, 4) is 17.7 Å². The molecule has 0 bridgehead atoms. The molecule has 6 nitrogen and oxygen atoms in total. The van der Waals surface area contributed by atoms with Crippen LogP contribution in [0.5, 0.6) is 11.6 Å². The summed E-state index contributed by atoms with van der Waals surface area (Å²) in [5.41, 5.74) is 1.66. The average molecular weight is 352 g/mol. The molecule has 124 valence electrons. The molecule has 0 spiro atoms. The number of rotatable bonds is 6. The molecule has 7 heteroatoms. The van der Waals surface area contributed by atoms with E-state index < -0.39 is 0 Å². The highest BCUT2D eigenvalue weighted by molar-refractivity contribution is 6.29. The monoisotopic (exact) mass is 351 g/mol. The third-order valence-electron chi connectivity index (χ3n) is 3.36. The number of anilines is 1. The Morgan fingerprint density at radius 1 is 1.08 bits per heavy atom. The van der Waals surface area contributed by atoms with Gasteiger partial charge in [-0.25, -0.2) is 15.0 Å². The third kappa shape index (κ3) is 4.90. The summed E-state index contributed by atoms with van der Waals surface area (Å²) in [6.07, 6.45) is 3.74. The van der Waals surface area contributed by atoms with Crippen molar-refractivity contribution in [2.45, 2.75) is 6.42 Å². The molecule has 1 aromatic carbocycles. The van der Waals surface area contributed by atoms with Gasteiger partial charge in [-0.2, -0.15) is 5.26 Å². The zero-order chi connectivity index (χ0) is 17.5. The van der Waals surface area contributed by atoms with Crippen LogP contribution in [0.3, 0.4) is 0 Å². The van der Waals surface area contributed by atoms with E-state index in [1.54, 1.807) is 18.2 Å². The van der Waals surface area contributed by atoms with E-state index in [2.05, 4.69) is 20.3 Å². The summed E-state index contributed by atoms with van der Waals surface area (Å²) < 4.78 is 5.65. The first-order chi connectivity index (χ1) is 12.2. The number of benzene rings is 1. The van der Waals surface area contributed by atoms with Crippen LogP contribution in [-0.2, 0) is 6.42 Å². The Morgan fingerprint density at radius 3 is 2.60 bits per heavy atom. The number of hydrogen-bond acceptors (Lipinski definition) is 6. The van der Waals surface area contributed by atoms with Gasteiger partial charge in [-0.15, -0.1) is 0 Å². The minimum atomic E-state index is 0.412. The van der Waals surface area contributed by atoms with Gasteiger partial charge in [0.15, 0.2) is 0 Å². The highest BCUT2D eigenvalue weighted by Gasteiger charge is 2.01. The second-order valence-corrected chi connectivity index (χ2v) is 5.53. The second kappa shape index (κ2) is 8.08. The molecule has 0 saturated carbocycles. The van der Waals surface area contributed by atoms with E-state index in [0.717, 1.165) is 18.5 Å². The summed E-state index contributed by atoms with van der Waals surface area (Å²) in [6, 6.07) is 14.8. The van der Waals surface area contributed by atoms with E-state index in [-0.39, 0.29) is 0 Å². The molecular formula is C18H14ClN5O. The summed E-state index contributed by atoms with van der Waals surface area (Å²) in [5.74, 6) is 1.84. The highest BCUT2D eigenvalue weighted by atomic mass is 35.5. The van der Waals surface area contributed by atoms with Gasteiger partial charge in [0.2, 0.25) is 5.88 Å². The van der Waals surface area contributed by atoms with Crippen molar-refractivity contribution in [1.82, 2.24) is 15.0 Å². The van der Waals surface area contributed by atoms with Crippen LogP contribution in [0.4, 0.5) is 5.82 Å². The Kier molecular flexibility index (Phi) is 5.39. The zero-order valence-corrected chi connectivity index (χ0v) is 13.9. The molecule has 3 aromatic rings. The molecule has 0 fully saturated rings. The van der Waals surface area contributed by atoms with Crippen LogP contribution in [0.1, 0.15) is 11.1 Å². The fraction of sp³-hybridized carbons (Fsp3) is 0.111. The molecule has 3 rings (SSSR count). The van der Waals surface area contributed by atoms with Gasteiger partial charge in [0, 0.05) is 24.9 Å². The molecule has 0 aliphatic rings. The van der Waals surface area contributed by atoms with Crippen molar-refractivity contribution >= 4 is 17.4 Å². The van der Waals surface area contributed by atoms with Crippen molar-refractivity contribution in [2.24, 2.45) is 0 Å². The summed E-state index contributed by atoms with van der Waals surface area (Å²) in [4.78, 5) is 12.0. The Balaban J connectivity index is 1.52. The van der Waals surface area contributed by atoms with E-state index in [0.29, 0.717) is 28.2 Å². The third-order valence-corrected chi connectivity index (χ3v) is 3.57. The first kappa shape index (κ1) is 16.7. The van der Waals surface area contributed by atoms with E-state index in [4.69, 9.17) is 21.6 Å². The van der Waals surface area contributed by atoms with Gasteiger partial charge >= 0.3 is 0 Å². The number of ether oxygens (including phenoxy) is 1. The first-order valence-electron chi connectivity index (χ1n) is 7.57. The van der Waals surface area contributed by atoms with Crippen LogP contribution < -0.4 is 10.1 Å².